The van der Waals surface area contributed by atoms with Crippen molar-refractivity contribution in [2.75, 3.05) is 40.3 Å². The minimum atomic E-state index is 0.320. The number of halogens is 2. The number of rotatable bonds is 5. The number of hydrogen-bond acceptors (Lipinski definition) is 3. The first-order valence-corrected chi connectivity index (χ1v) is 8.34. The van der Waals surface area contributed by atoms with Crippen LogP contribution in [0.2, 0.25) is 10.0 Å². The molecule has 1 aromatic carbocycles. The van der Waals surface area contributed by atoms with Gasteiger partial charge in [0.1, 0.15) is 0 Å². The predicted octanol–water partition coefficient (Wildman–Crippen LogP) is 3.28. The molecule has 1 fully saturated rings. The Morgan fingerprint density at radius 1 is 1.24 bits per heavy atom. The van der Waals surface area contributed by atoms with Crippen molar-refractivity contribution < 1.29 is 0 Å². The van der Waals surface area contributed by atoms with Crippen molar-refractivity contribution in [3.63, 3.8) is 0 Å². The molecule has 2 atom stereocenters. The van der Waals surface area contributed by atoms with Crippen molar-refractivity contribution in [2.24, 2.45) is 0 Å². The van der Waals surface area contributed by atoms with E-state index in [1.807, 2.05) is 12.1 Å². The summed E-state index contributed by atoms with van der Waals surface area (Å²) in [4.78, 5) is 4.83. The summed E-state index contributed by atoms with van der Waals surface area (Å²) in [6.45, 7) is 6.57. The van der Waals surface area contributed by atoms with E-state index in [2.05, 4.69) is 42.2 Å². The lowest BCUT2D eigenvalue weighted by molar-refractivity contribution is 0.111. The molecular weight excluding hydrogens is 305 g/mol. The summed E-state index contributed by atoms with van der Waals surface area (Å²) in [6, 6.07) is 6.79. The topological polar surface area (TPSA) is 18.5 Å². The Morgan fingerprint density at radius 3 is 2.67 bits per heavy atom. The van der Waals surface area contributed by atoms with E-state index in [0.29, 0.717) is 22.1 Å². The maximum absolute atomic E-state index is 6.13. The van der Waals surface area contributed by atoms with E-state index in [0.717, 1.165) is 32.6 Å². The highest BCUT2D eigenvalue weighted by Crippen LogP contribution is 2.27. The summed E-state index contributed by atoms with van der Waals surface area (Å²) in [7, 11) is 4.40. The maximum Gasteiger partial charge on any atom is 0.0595 e. The third-order valence-corrected chi connectivity index (χ3v) is 5.07. The third-order valence-electron chi connectivity index (χ3n) is 4.33. The first kappa shape index (κ1) is 17.0. The van der Waals surface area contributed by atoms with Gasteiger partial charge in [0.05, 0.1) is 10.0 Å². The first-order chi connectivity index (χ1) is 10.0. The number of nitrogens with zero attached hydrogens (tertiary/aromatic N) is 2. The molecule has 0 spiro atoms. The average molecular weight is 330 g/mol. The van der Waals surface area contributed by atoms with Crippen molar-refractivity contribution in [1.29, 1.82) is 0 Å². The minimum Gasteiger partial charge on any atom is -0.308 e. The molecule has 118 valence electrons. The van der Waals surface area contributed by atoms with E-state index in [-0.39, 0.29) is 0 Å². The standard InChI is InChI=1S/C16H25Cl2N3/c1-4-16(12-5-6-14(17)15(18)9-12)19-10-13-11-20(2)7-8-21(13)3/h5-6,9,13,16,19H,4,7-8,10-11H2,1-3H3. The molecule has 0 aliphatic carbocycles. The number of piperazine rings is 1. The monoisotopic (exact) mass is 329 g/mol. The number of benzene rings is 1. The van der Waals surface area contributed by atoms with Crippen LogP contribution in [-0.2, 0) is 0 Å². The molecule has 0 radical (unpaired) electrons. The molecule has 1 aliphatic heterocycles. The SMILES string of the molecule is CCC(NCC1CN(C)CCN1C)c1ccc(Cl)c(Cl)c1. The van der Waals surface area contributed by atoms with Gasteiger partial charge in [0, 0.05) is 38.3 Å². The van der Waals surface area contributed by atoms with Crippen LogP contribution in [0.4, 0.5) is 0 Å². The number of hydrogen-bond donors (Lipinski definition) is 1. The molecule has 0 bridgehead atoms. The van der Waals surface area contributed by atoms with Gasteiger partial charge in [-0.05, 0) is 38.2 Å². The maximum atomic E-state index is 6.13. The Labute approximate surface area is 138 Å². The van der Waals surface area contributed by atoms with Crippen molar-refractivity contribution in [2.45, 2.75) is 25.4 Å². The fraction of sp³-hybridized carbons (Fsp3) is 0.625. The van der Waals surface area contributed by atoms with Gasteiger partial charge in [-0.2, -0.15) is 0 Å². The van der Waals surface area contributed by atoms with Crippen LogP contribution < -0.4 is 5.32 Å². The van der Waals surface area contributed by atoms with Crippen molar-refractivity contribution in [3.05, 3.63) is 33.8 Å². The van der Waals surface area contributed by atoms with E-state index < -0.39 is 0 Å². The van der Waals surface area contributed by atoms with Gasteiger partial charge in [0.15, 0.2) is 0 Å². The van der Waals surface area contributed by atoms with E-state index in [1.165, 1.54) is 5.56 Å². The smallest absolute Gasteiger partial charge is 0.0595 e. The molecule has 3 nitrogen and oxygen atoms in total. The molecule has 1 aliphatic rings. The Kier molecular flexibility index (Phi) is 6.33. The molecular formula is C16H25Cl2N3. The van der Waals surface area contributed by atoms with Crippen LogP contribution in [0.1, 0.15) is 24.9 Å². The van der Waals surface area contributed by atoms with Gasteiger partial charge >= 0.3 is 0 Å². The zero-order valence-corrected chi connectivity index (χ0v) is 14.6. The van der Waals surface area contributed by atoms with Crippen LogP contribution in [0, 0.1) is 0 Å². The summed E-state index contributed by atoms with van der Waals surface area (Å²) in [5, 5.41) is 4.93. The molecule has 21 heavy (non-hydrogen) atoms. The van der Waals surface area contributed by atoms with E-state index in [4.69, 9.17) is 23.2 Å². The largest absolute Gasteiger partial charge is 0.308 e. The zero-order valence-electron chi connectivity index (χ0n) is 13.1. The molecule has 2 unspecified atom stereocenters. The highest BCUT2D eigenvalue weighted by atomic mass is 35.5. The van der Waals surface area contributed by atoms with Gasteiger partial charge in [-0.3, -0.25) is 4.90 Å². The lowest BCUT2D eigenvalue weighted by Crippen LogP contribution is -2.54. The molecule has 0 amide bonds. The summed E-state index contributed by atoms with van der Waals surface area (Å²) >= 11 is 12.1. The lowest BCUT2D eigenvalue weighted by Gasteiger charge is -2.38. The zero-order chi connectivity index (χ0) is 15.4. The minimum absolute atomic E-state index is 0.320. The van der Waals surface area contributed by atoms with Gasteiger partial charge in [0.25, 0.3) is 0 Å². The van der Waals surface area contributed by atoms with Crippen LogP contribution in [0.5, 0.6) is 0 Å². The first-order valence-electron chi connectivity index (χ1n) is 7.58. The van der Waals surface area contributed by atoms with E-state index in [1.54, 1.807) is 0 Å². The van der Waals surface area contributed by atoms with Crippen LogP contribution >= 0.6 is 23.2 Å². The van der Waals surface area contributed by atoms with Crippen molar-refractivity contribution >= 4 is 23.2 Å². The predicted molar refractivity (Wildman–Crippen MR) is 91.4 cm³/mol. The van der Waals surface area contributed by atoms with Gasteiger partial charge in [0.2, 0.25) is 0 Å². The molecule has 1 N–H and O–H groups in total. The Balaban J connectivity index is 1.97. The van der Waals surface area contributed by atoms with Gasteiger partial charge < -0.3 is 10.2 Å². The fourth-order valence-corrected chi connectivity index (χ4v) is 3.13. The second kappa shape index (κ2) is 7.80. The summed E-state index contributed by atoms with van der Waals surface area (Å²) in [5.41, 5.74) is 1.21. The molecule has 0 aromatic heterocycles. The average Bonchev–Trinajstić information content (AvgIpc) is 2.46. The Bertz CT molecular complexity index is 467. The second-order valence-corrected chi connectivity index (χ2v) is 6.75. The molecule has 2 rings (SSSR count). The summed E-state index contributed by atoms with van der Waals surface area (Å²) in [5.74, 6) is 0. The fourth-order valence-electron chi connectivity index (χ4n) is 2.83. The van der Waals surface area contributed by atoms with Crippen LogP contribution in [-0.4, -0.2) is 56.1 Å². The molecule has 1 aromatic rings. The van der Waals surface area contributed by atoms with E-state index >= 15 is 0 Å². The Hall–Kier alpha value is -0.320. The van der Waals surface area contributed by atoms with Gasteiger partial charge in [-0.25, -0.2) is 0 Å². The molecule has 0 saturated carbocycles. The summed E-state index contributed by atoms with van der Waals surface area (Å²) in [6.07, 6.45) is 1.03. The molecule has 1 saturated heterocycles. The molecule has 5 heteroatoms. The molecule has 1 heterocycles. The third kappa shape index (κ3) is 4.57. The van der Waals surface area contributed by atoms with Gasteiger partial charge in [-0.1, -0.05) is 36.2 Å². The lowest BCUT2D eigenvalue weighted by atomic mass is 10.0. The number of nitrogens with one attached hydrogen (secondary N) is 1. The van der Waals surface area contributed by atoms with Crippen LogP contribution in [0.25, 0.3) is 0 Å². The second-order valence-electron chi connectivity index (χ2n) is 5.94. The van der Waals surface area contributed by atoms with Crippen molar-refractivity contribution in [1.82, 2.24) is 15.1 Å². The van der Waals surface area contributed by atoms with Gasteiger partial charge in [-0.15, -0.1) is 0 Å². The highest BCUT2D eigenvalue weighted by Gasteiger charge is 2.23. The van der Waals surface area contributed by atoms with Crippen LogP contribution in [0.15, 0.2) is 18.2 Å². The number of likely N-dealkylation sites (N-methyl/N-ethyl adjacent to an activating group) is 2. The van der Waals surface area contributed by atoms with Crippen LogP contribution in [0.3, 0.4) is 0 Å². The quantitative estimate of drug-likeness (QED) is 0.894. The Morgan fingerprint density at radius 2 is 2.00 bits per heavy atom. The normalized spacial score (nSPS) is 22.4. The summed E-state index contributed by atoms with van der Waals surface area (Å²) < 4.78 is 0. The van der Waals surface area contributed by atoms with E-state index in [9.17, 15) is 0 Å². The van der Waals surface area contributed by atoms with Crippen molar-refractivity contribution in [3.8, 4) is 0 Å². The highest BCUT2D eigenvalue weighted by molar-refractivity contribution is 6.42.